The monoisotopic (exact) mass is 432 g/mol. The Bertz CT molecular complexity index is 1050. The van der Waals surface area contributed by atoms with Crippen molar-refractivity contribution in [2.45, 2.75) is 50.7 Å². The fourth-order valence-electron chi connectivity index (χ4n) is 4.18. The van der Waals surface area contributed by atoms with Gasteiger partial charge in [0.2, 0.25) is 0 Å². The van der Waals surface area contributed by atoms with Gasteiger partial charge in [0, 0.05) is 17.1 Å². The van der Waals surface area contributed by atoms with Crippen LogP contribution in [0, 0.1) is 5.82 Å². The maximum Gasteiger partial charge on any atom is 0.347 e. The molecule has 1 aliphatic rings. The number of benzene rings is 2. The summed E-state index contributed by atoms with van der Waals surface area (Å²) in [5, 5.41) is 13.0. The number of hydrogen-bond acceptors (Lipinski definition) is 3. The van der Waals surface area contributed by atoms with Crippen molar-refractivity contribution in [3.8, 4) is 0 Å². The minimum atomic E-state index is -3.08. The number of alkyl halides is 2. The molecule has 5 nitrogen and oxygen atoms in total. The Balaban J connectivity index is 1.78. The predicted octanol–water partition coefficient (Wildman–Crippen LogP) is 4.60. The van der Waals surface area contributed by atoms with E-state index < -0.39 is 36.7 Å². The van der Waals surface area contributed by atoms with Crippen LogP contribution in [-0.4, -0.2) is 34.3 Å². The first-order valence-corrected chi connectivity index (χ1v) is 10.2. The lowest BCUT2D eigenvalue weighted by Crippen LogP contribution is -2.45. The van der Waals surface area contributed by atoms with Gasteiger partial charge in [0.25, 0.3) is 5.91 Å². The van der Waals surface area contributed by atoms with Gasteiger partial charge in [-0.1, -0.05) is 49.2 Å². The second-order valence-electron chi connectivity index (χ2n) is 7.68. The summed E-state index contributed by atoms with van der Waals surface area (Å²) in [6, 6.07) is 12.1. The molecule has 1 fully saturated rings. The Labute approximate surface area is 177 Å². The Morgan fingerprint density at radius 1 is 1.10 bits per heavy atom. The number of amides is 1. The van der Waals surface area contributed by atoms with Crippen molar-refractivity contribution in [3.05, 3.63) is 71.7 Å². The zero-order valence-corrected chi connectivity index (χ0v) is 16.7. The van der Waals surface area contributed by atoms with E-state index in [2.05, 4.69) is 5.32 Å². The summed E-state index contributed by atoms with van der Waals surface area (Å²) in [7, 11) is 0. The fraction of sp³-hybridized carbons (Fsp3) is 0.348. The largest absolute Gasteiger partial charge is 0.391 e. The molecule has 31 heavy (non-hydrogen) atoms. The van der Waals surface area contributed by atoms with E-state index in [-0.39, 0.29) is 16.5 Å². The van der Waals surface area contributed by atoms with E-state index in [0.717, 1.165) is 12.8 Å². The highest BCUT2D eigenvalue weighted by Crippen LogP contribution is 2.32. The number of nitrogens with one attached hydrogen (secondary N) is 1. The average molecular weight is 432 g/mol. The van der Waals surface area contributed by atoms with Gasteiger partial charge < -0.3 is 15.0 Å². The van der Waals surface area contributed by atoms with Crippen molar-refractivity contribution >= 4 is 16.8 Å². The minimum absolute atomic E-state index is 0.00432. The molecule has 1 amide bonds. The van der Waals surface area contributed by atoms with E-state index in [0.29, 0.717) is 18.4 Å². The molecule has 1 heterocycles. The number of aliphatic hydroxyl groups excluding tert-OH is 1. The molecule has 0 spiro atoms. The van der Waals surface area contributed by atoms with E-state index in [1.54, 1.807) is 36.4 Å². The molecule has 8 heteroatoms. The Hall–Kier alpha value is -2.84. The van der Waals surface area contributed by atoms with Crippen molar-refractivity contribution in [1.82, 2.24) is 9.88 Å². The van der Waals surface area contributed by atoms with Crippen LogP contribution in [0.2, 0.25) is 0 Å². The number of hydrogen-bond donors (Lipinski definition) is 2. The SMILES string of the molecule is O=C(N[C@H]1CCCC[C@@H]1O)c1cn(C(OC(F)F)c2ccccc2)c2cccc(F)c12. The van der Waals surface area contributed by atoms with Crippen LogP contribution in [0.25, 0.3) is 10.9 Å². The topological polar surface area (TPSA) is 63.5 Å². The lowest BCUT2D eigenvalue weighted by Gasteiger charge is -2.28. The third-order valence-corrected chi connectivity index (χ3v) is 5.67. The van der Waals surface area contributed by atoms with Gasteiger partial charge in [-0.05, 0) is 25.0 Å². The molecule has 1 saturated carbocycles. The number of fused-ring (bicyclic) bond motifs is 1. The van der Waals surface area contributed by atoms with E-state index >= 15 is 0 Å². The van der Waals surface area contributed by atoms with Crippen LogP contribution < -0.4 is 5.32 Å². The Morgan fingerprint density at radius 3 is 2.55 bits per heavy atom. The van der Waals surface area contributed by atoms with E-state index in [1.807, 2.05) is 0 Å². The maximum atomic E-state index is 14.8. The van der Waals surface area contributed by atoms with Gasteiger partial charge in [0.15, 0.2) is 6.23 Å². The van der Waals surface area contributed by atoms with E-state index in [4.69, 9.17) is 4.74 Å². The molecule has 4 rings (SSSR count). The number of nitrogens with zero attached hydrogens (tertiary/aromatic N) is 1. The average Bonchev–Trinajstić information content (AvgIpc) is 3.15. The second-order valence-corrected chi connectivity index (χ2v) is 7.68. The summed E-state index contributed by atoms with van der Waals surface area (Å²) < 4.78 is 47.5. The molecule has 0 bridgehead atoms. The maximum absolute atomic E-state index is 14.8. The van der Waals surface area contributed by atoms with Crippen LogP contribution in [0.15, 0.2) is 54.7 Å². The van der Waals surface area contributed by atoms with Gasteiger partial charge >= 0.3 is 6.61 Å². The van der Waals surface area contributed by atoms with Crippen molar-refractivity contribution < 1.29 is 27.8 Å². The molecule has 0 saturated heterocycles. The van der Waals surface area contributed by atoms with E-state index in [9.17, 15) is 23.1 Å². The van der Waals surface area contributed by atoms with Gasteiger partial charge in [-0.2, -0.15) is 8.78 Å². The number of rotatable bonds is 6. The molecule has 164 valence electrons. The smallest absolute Gasteiger partial charge is 0.347 e. The number of ether oxygens (including phenoxy) is 1. The van der Waals surface area contributed by atoms with Crippen LogP contribution in [0.3, 0.4) is 0 Å². The highest BCUT2D eigenvalue weighted by molar-refractivity contribution is 6.07. The summed E-state index contributed by atoms with van der Waals surface area (Å²) in [5.74, 6) is -1.21. The third kappa shape index (κ3) is 4.45. The molecule has 2 N–H and O–H groups in total. The summed E-state index contributed by atoms with van der Waals surface area (Å²) in [6.07, 6.45) is 2.36. The van der Waals surface area contributed by atoms with Gasteiger partial charge in [0.05, 0.1) is 23.2 Å². The molecule has 1 unspecified atom stereocenters. The number of halogens is 3. The molecule has 3 atom stereocenters. The van der Waals surface area contributed by atoms with Crippen molar-refractivity contribution in [2.75, 3.05) is 0 Å². The standard InChI is InChI=1S/C23H23F3N2O3/c24-16-9-6-11-18-20(16)15(21(30)27-17-10-4-5-12-19(17)29)13-28(18)22(31-23(25)26)14-7-2-1-3-8-14/h1-3,6-9,11,13,17,19,22-23,29H,4-5,10,12H2,(H,27,30)/t17-,19-,22?/m0/s1. The summed E-state index contributed by atoms with van der Waals surface area (Å²) >= 11 is 0. The van der Waals surface area contributed by atoms with Crippen LogP contribution >= 0.6 is 0 Å². The van der Waals surface area contributed by atoms with Crippen molar-refractivity contribution in [3.63, 3.8) is 0 Å². The number of aromatic nitrogens is 1. The second kappa shape index (κ2) is 9.11. The minimum Gasteiger partial charge on any atom is -0.391 e. The fourth-order valence-corrected chi connectivity index (χ4v) is 4.18. The van der Waals surface area contributed by atoms with Gasteiger partial charge in [-0.15, -0.1) is 0 Å². The highest BCUT2D eigenvalue weighted by atomic mass is 19.3. The van der Waals surface area contributed by atoms with Crippen LogP contribution in [-0.2, 0) is 4.74 Å². The predicted molar refractivity (Wildman–Crippen MR) is 109 cm³/mol. The first-order chi connectivity index (χ1) is 15.0. The summed E-state index contributed by atoms with van der Waals surface area (Å²) in [4.78, 5) is 13.0. The number of aliphatic hydroxyl groups is 1. The molecule has 3 aromatic rings. The number of carbonyl (C=O) groups is 1. The van der Waals surface area contributed by atoms with Crippen molar-refractivity contribution in [2.24, 2.45) is 0 Å². The van der Waals surface area contributed by atoms with Gasteiger partial charge in [-0.3, -0.25) is 9.53 Å². The Morgan fingerprint density at radius 2 is 1.84 bits per heavy atom. The number of carbonyl (C=O) groups excluding carboxylic acids is 1. The zero-order valence-electron chi connectivity index (χ0n) is 16.7. The molecule has 1 aromatic heterocycles. The molecular formula is C23H23F3N2O3. The Kier molecular flexibility index (Phi) is 6.29. The molecular weight excluding hydrogens is 409 g/mol. The van der Waals surface area contributed by atoms with Gasteiger partial charge in [0.1, 0.15) is 5.82 Å². The molecule has 0 radical (unpaired) electrons. The first-order valence-electron chi connectivity index (χ1n) is 10.2. The highest BCUT2D eigenvalue weighted by Gasteiger charge is 2.29. The summed E-state index contributed by atoms with van der Waals surface area (Å²) in [5.41, 5.74) is 0.687. The lowest BCUT2D eigenvalue weighted by molar-refractivity contribution is -0.171. The van der Waals surface area contributed by atoms with Crippen LogP contribution in [0.4, 0.5) is 13.2 Å². The van der Waals surface area contributed by atoms with Gasteiger partial charge in [-0.25, -0.2) is 4.39 Å². The summed E-state index contributed by atoms with van der Waals surface area (Å²) in [6.45, 7) is -3.08. The third-order valence-electron chi connectivity index (χ3n) is 5.67. The molecule has 0 aliphatic heterocycles. The quantitative estimate of drug-likeness (QED) is 0.599. The first kappa shape index (κ1) is 21.4. The molecule has 2 aromatic carbocycles. The normalized spacial score (nSPS) is 20.2. The van der Waals surface area contributed by atoms with Crippen LogP contribution in [0.5, 0.6) is 0 Å². The van der Waals surface area contributed by atoms with E-state index in [1.165, 1.54) is 22.9 Å². The zero-order chi connectivity index (χ0) is 22.0. The molecule has 1 aliphatic carbocycles. The van der Waals surface area contributed by atoms with Crippen molar-refractivity contribution in [1.29, 1.82) is 0 Å². The lowest BCUT2D eigenvalue weighted by atomic mass is 9.92. The van der Waals surface area contributed by atoms with Crippen LogP contribution in [0.1, 0.15) is 47.8 Å².